The molecule has 0 aliphatic rings. The summed E-state index contributed by atoms with van der Waals surface area (Å²) < 4.78 is 26.7. The van der Waals surface area contributed by atoms with Crippen molar-refractivity contribution in [2.24, 2.45) is 0 Å². The second-order valence-electron chi connectivity index (χ2n) is 9.14. The standard InChI is InChI=1S/C27H39N3O4S/c1-7-9-16-28-27(32)24(8-2)29(18-23-14-11-20(3)12-15-23)26(31)19-30(35(6,33)34)25-17-21(4)10-13-22(25)5/h10-15,17,24H,7-9,16,18-19H2,1-6H3,(H,28,32). The Morgan fingerprint density at radius 1 is 0.971 bits per heavy atom. The second-order valence-corrected chi connectivity index (χ2v) is 11.0. The van der Waals surface area contributed by atoms with Gasteiger partial charge in [-0.25, -0.2) is 8.42 Å². The molecule has 1 atom stereocenters. The van der Waals surface area contributed by atoms with Crippen molar-refractivity contribution in [2.75, 3.05) is 23.7 Å². The average Bonchev–Trinajstić information content (AvgIpc) is 2.79. The maximum absolute atomic E-state index is 13.7. The molecule has 35 heavy (non-hydrogen) atoms. The number of unbranched alkanes of at least 4 members (excludes halogenated alkanes) is 1. The average molecular weight is 502 g/mol. The lowest BCUT2D eigenvalue weighted by atomic mass is 10.1. The summed E-state index contributed by atoms with van der Waals surface area (Å²) in [5, 5.41) is 2.93. The Bertz CT molecular complexity index is 1110. The number of anilines is 1. The van der Waals surface area contributed by atoms with Crippen LogP contribution >= 0.6 is 0 Å². The molecule has 1 unspecified atom stereocenters. The number of carbonyl (C=O) groups excluding carboxylic acids is 2. The molecule has 7 nitrogen and oxygen atoms in total. The van der Waals surface area contributed by atoms with Gasteiger partial charge in [0.2, 0.25) is 21.8 Å². The van der Waals surface area contributed by atoms with Gasteiger partial charge in [0, 0.05) is 13.1 Å². The Balaban J connectivity index is 2.43. The number of hydrogen-bond acceptors (Lipinski definition) is 4. The molecule has 0 aromatic heterocycles. The highest BCUT2D eigenvalue weighted by Crippen LogP contribution is 2.25. The molecular formula is C27H39N3O4S. The molecule has 0 heterocycles. The van der Waals surface area contributed by atoms with Gasteiger partial charge in [-0.1, -0.05) is 62.2 Å². The van der Waals surface area contributed by atoms with Crippen molar-refractivity contribution in [3.8, 4) is 0 Å². The monoisotopic (exact) mass is 501 g/mol. The number of benzene rings is 2. The van der Waals surface area contributed by atoms with Crippen molar-refractivity contribution in [1.82, 2.24) is 10.2 Å². The van der Waals surface area contributed by atoms with E-state index in [2.05, 4.69) is 5.32 Å². The molecule has 0 spiro atoms. The zero-order valence-electron chi connectivity index (χ0n) is 21.8. The highest BCUT2D eigenvalue weighted by Gasteiger charge is 2.32. The molecule has 2 rings (SSSR count). The number of hydrogen-bond donors (Lipinski definition) is 1. The van der Waals surface area contributed by atoms with Crippen LogP contribution in [0.15, 0.2) is 42.5 Å². The first-order valence-corrected chi connectivity index (χ1v) is 14.0. The molecule has 0 saturated heterocycles. The lowest BCUT2D eigenvalue weighted by Gasteiger charge is -2.33. The molecule has 192 valence electrons. The molecular weight excluding hydrogens is 462 g/mol. The van der Waals surface area contributed by atoms with Crippen LogP contribution in [0.2, 0.25) is 0 Å². The number of aryl methyl sites for hydroxylation is 3. The minimum absolute atomic E-state index is 0.212. The molecule has 0 fully saturated rings. The van der Waals surface area contributed by atoms with Gasteiger partial charge >= 0.3 is 0 Å². The minimum Gasteiger partial charge on any atom is -0.354 e. The first-order valence-electron chi connectivity index (χ1n) is 12.2. The minimum atomic E-state index is -3.75. The summed E-state index contributed by atoms with van der Waals surface area (Å²) in [5.41, 5.74) is 4.08. The number of rotatable bonds is 12. The normalized spacial score (nSPS) is 12.2. The SMILES string of the molecule is CCCCNC(=O)C(CC)N(Cc1ccc(C)cc1)C(=O)CN(c1cc(C)ccc1C)S(C)(=O)=O. The highest BCUT2D eigenvalue weighted by atomic mass is 32.2. The summed E-state index contributed by atoms with van der Waals surface area (Å²) in [7, 11) is -3.75. The van der Waals surface area contributed by atoms with Gasteiger partial charge in [-0.3, -0.25) is 13.9 Å². The predicted octanol–water partition coefficient (Wildman–Crippen LogP) is 4.10. The number of carbonyl (C=O) groups is 2. The molecule has 0 aliphatic heterocycles. The third kappa shape index (κ3) is 8.09. The van der Waals surface area contributed by atoms with Gasteiger partial charge in [0.15, 0.2) is 0 Å². The summed E-state index contributed by atoms with van der Waals surface area (Å²) >= 11 is 0. The van der Waals surface area contributed by atoms with E-state index in [1.165, 1.54) is 4.90 Å². The summed E-state index contributed by atoms with van der Waals surface area (Å²) in [4.78, 5) is 28.3. The third-order valence-corrected chi connectivity index (χ3v) is 7.13. The van der Waals surface area contributed by atoms with E-state index in [0.29, 0.717) is 18.7 Å². The fourth-order valence-electron chi connectivity index (χ4n) is 3.90. The molecule has 2 aromatic rings. The van der Waals surface area contributed by atoms with E-state index in [9.17, 15) is 18.0 Å². The van der Waals surface area contributed by atoms with Crippen molar-refractivity contribution >= 4 is 27.5 Å². The summed E-state index contributed by atoms with van der Waals surface area (Å²) in [6, 6.07) is 12.6. The lowest BCUT2D eigenvalue weighted by molar-refractivity contribution is -0.140. The Kier molecular flexibility index (Phi) is 10.3. The molecule has 0 bridgehead atoms. The summed E-state index contributed by atoms with van der Waals surface area (Å²) in [6.45, 7) is 9.95. The number of nitrogens with zero attached hydrogens (tertiary/aromatic N) is 2. The lowest BCUT2D eigenvalue weighted by Crippen LogP contribution is -2.52. The van der Waals surface area contributed by atoms with Gasteiger partial charge in [0.25, 0.3) is 0 Å². The maximum atomic E-state index is 13.7. The van der Waals surface area contributed by atoms with Crippen molar-refractivity contribution in [3.05, 3.63) is 64.7 Å². The van der Waals surface area contributed by atoms with Crippen LogP contribution < -0.4 is 9.62 Å². The van der Waals surface area contributed by atoms with Crippen LogP contribution in [-0.4, -0.2) is 50.5 Å². The van der Waals surface area contributed by atoms with E-state index < -0.39 is 22.0 Å². The quantitative estimate of drug-likeness (QED) is 0.444. The molecule has 0 radical (unpaired) electrons. The van der Waals surface area contributed by atoms with Crippen molar-refractivity contribution in [2.45, 2.75) is 66.5 Å². The fourth-order valence-corrected chi connectivity index (χ4v) is 4.80. The van der Waals surface area contributed by atoms with Crippen LogP contribution in [0.5, 0.6) is 0 Å². The van der Waals surface area contributed by atoms with Crippen LogP contribution in [0.1, 0.15) is 55.4 Å². The van der Waals surface area contributed by atoms with E-state index in [-0.39, 0.29) is 19.0 Å². The van der Waals surface area contributed by atoms with E-state index in [4.69, 9.17) is 0 Å². The number of amides is 2. The van der Waals surface area contributed by atoms with Crippen LogP contribution in [0.25, 0.3) is 0 Å². The Morgan fingerprint density at radius 2 is 1.60 bits per heavy atom. The van der Waals surface area contributed by atoms with Crippen molar-refractivity contribution in [1.29, 1.82) is 0 Å². The molecule has 2 amide bonds. The van der Waals surface area contributed by atoms with E-state index in [1.54, 1.807) is 6.07 Å². The van der Waals surface area contributed by atoms with Gasteiger partial charge in [-0.05, 0) is 56.4 Å². The Hall–Kier alpha value is -2.87. The first-order chi connectivity index (χ1) is 16.5. The van der Waals surface area contributed by atoms with E-state index >= 15 is 0 Å². The second kappa shape index (κ2) is 12.7. The highest BCUT2D eigenvalue weighted by molar-refractivity contribution is 7.92. The Morgan fingerprint density at radius 3 is 2.17 bits per heavy atom. The Labute approximate surface area is 210 Å². The molecule has 0 saturated carbocycles. The zero-order valence-corrected chi connectivity index (χ0v) is 22.6. The zero-order chi connectivity index (χ0) is 26.2. The molecule has 8 heteroatoms. The number of sulfonamides is 1. The maximum Gasteiger partial charge on any atom is 0.244 e. The molecule has 1 N–H and O–H groups in total. The van der Waals surface area contributed by atoms with Crippen LogP contribution in [-0.2, 0) is 26.2 Å². The van der Waals surface area contributed by atoms with Crippen LogP contribution in [0.4, 0.5) is 5.69 Å². The van der Waals surface area contributed by atoms with Crippen LogP contribution in [0.3, 0.4) is 0 Å². The largest absolute Gasteiger partial charge is 0.354 e. The number of nitrogens with one attached hydrogen (secondary N) is 1. The van der Waals surface area contributed by atoms with Gasteiger partial charge in [-0.2, -0.15) is 0 Å². The van der Waals surface area contributed by atoms with Gasteiger partial charge in [-0.15, -0.1) is 0 Å². The fraction of sp³-hybridized carbons (Fsp3) is 0.481. The van der Waals surface area contributed by atoms with E-state index in [0.717, 1.165) is 45.7 Å². The van der Waals surface area contributed by atoms with Crippen molar-refractivity contribution < 1.29 is 18.0 Å². The van der Waals surface area contributed by atoms with Crippen LogP contribution in [0, 0.1) is 20.8 Å². The summed E-state index contributed by atoms with van der Waals surface area (Å²) in [6.07, 6.45) is 3.31. The van der Waals surface area contributed by atoms with Gasteiger partial charge in [0.05, 0.1) is 11.9 Å². The summed E-state index contributed by atoms with van der Waals surface area (Å²) in [5.74, 6) is -0.645. The topological polar surface area (TPSA) is 86.8 Å². The van der Waals surface area contributed by atoms with E-state index in [1.807, 2.05) is 71.0 Å². The molecule has 0 aliphatic carbocycles. The molecule has 2 aromatic carbocycles. The van der Waals surface area contributed by atoms with Gasteiger partial charge in [0.1, 0.15) is 12.6 Å². The van der Waals surface area contributed by atoms with Crippen molar-refractivity contribution in [3.63, 3.8) is 0 Å². The smallest absolute Gasteiger partial charge is 0.244 e. The first kappa shape index (κ1) is 28.4. The third-order valence-electron chi connectivity index (χ3n) is 6.00. The van der Waals surface area contributed by atoms with Gasteiger partial charge < -0.3 is 10.2 Å². The predicted molar refractivity (Wildman–Crippen MR) is 142 cm³/mol.